The molecule has 3 aromatic carbocycles. The minimum Gasteiger partial charge on any atom is -0.332 e. The molecule has 0 aliphatic carbocycles. The van der Waals surface area contributed by atoms with Gasteiger partial charge in [-0.25, -0.2) is 0 Å². The second kappa shape index (κ2) is 6.12. The van der Waals surface area contributed by atoms with E-state index in [2.05, 4.69) is 28.8 Å². The van der Waals surface area contributed by atoms with Crippen molar-refractivity contribution in [1.82, 2.24) is 0 Å². The van der Waals surface area contributed by atoms with Gasteiger partial charge in [-0.3, -0.25) is 0 Å². The second-order valence-electron chi connectivity index (χ2n) is 4.59. The molecule has 0 amide bonds. The molecule has 0 aromatic heterocycles. The van der Waals surface area contributed by atoms with Crippen LogP contribution in [-0.4, -0.2) is 5.11 Å². The molecule has 3 rings (SSSR count). The summed E-state index contributed by atoms with van der Waals surface area (Å²) in [5, 5.41) is 9.78. The molecule has 0 fully saturated rings. The maximum atomic E-state index is 6.12. The number of hydrogen-bond donors (Lipinski definition) is 2. The van der Waals surface area contributed by atoms with E-state index in [1.807, 2.05) is 48.5 Å². The van der Waals surface area contributed by atoms with Crippen LogP contribution in [0.5, 0.6) is 0 Å². The average Bonchev–Trinajstić information content (AvgIpc) is 2.50. The Balaban J connectivity index is 1.82. The highest BCUT2D eigenvalue weighted by molar-refractivity contribution is 7.80. The molecule has 4 heteroatoms. The Kier molecular flexibility index (Phi) is 4.04. The summed E-state index contributed by atoms with van der Waals surface area (Å²) in [5.41, 5.74) is 1.76. The summed E-state index contributed by atoms with van der Waals surface area (Å²) in [6.07, 6.45) is 0. The van der Waals surface area contributed by atoms with Gasteiger partial charge in [0, 0.05) is 11.1 Å². The van der Waals surface area contributed by atoms with Gasteiger partial charge in [0.25, 0.3) is 0 Å². The molecule has 2 N–H and O–H groups in total. The zero-order chi connectivity index (χ0) is 14.7. The lowest BCUT2D eigenvalue weighted by molar-refractivity contribution is 1.61. The van der Waals surface area contributed by atoms with Crippen LogP contribution in [0.1, 0.15) is 0 Å². The van der Waals surface area contributed by atoms with Crippen LogP contribution >= 0.6 is 23.8 Å². The monoisotopic (exact) mass is 312 g/mol. The third-order valence-electron chi connectivity index (χ3n) is 3.16. The standard InChI is InChI=1S/C17H13ClN2S/c18-14-9-3-4-10-16(14)20-17(21)19-15-11-5-7-12-6-1-2-8-13(12)15/h1-11H,(H2,19,20,21). The molecule has 0 bridgehead atoms. The molecule has 0 saturated heterocycles. The van der Waals surface area contributed by atoms with Crippen LogP contribution < -0.4 is 10.6 Å². The van der Waals surface area contributed by atoms with Crippen molar-refractivity contribution in [3.8, 4) is 0 Å². The smallest absolute Gasteiger partial charge is 0.175 e. The van der Waals surface area contributed by atoms with E-state index in [9.17, 15) is 0 Å². The Morgan fingerprint density at radius 2 is 1.38 bits per heavy atom. The number of benzene rings is 3. The van der Waals surface area contributed by atoms with Crippen LogP contribution in [0, 0.1) is 0 Å². The largest absolute Gasteiger partial charge is 0.332 e. The van der Waals surface area contributed by atoms with E-state index in [-0.39, 0.29) is 0 Å². The van der Waals surface area contributed by atoms with Crippen LogP contribution in [0.3, 0.4) is 0 Å². The number of nitrogens with one attached hydrogen (secondary N) is 2. The number of thiocarbonyl (C=S) groups is 1. The first-order valence-corrected chi connectivity index (χ1v) is 7.33. The van der Waals surface area contributed by atoms with Crippen LogP contribution in [0.4, 0.5) is 11.4 Å². The number of anilines is 2. The molecule has 2 nitrogen and oxygen atoms in total. The fraction of sp³-hybridized carbons (Fsp3) is 0. The summed E-state index contributed by atoms with van der Waals surface area (Å²) < 4.78 is 0. The molecule has 3 aromatic rings. The topological polar surface area (TPSA) is 24.1 Å². The fourth-order valence-electron chi connectivity index (χ4n) is 2.17. The van der Waals surface area contributed by atoms with Gasteiger partial charge in [0.1, 0.15) is 0 Å². The van der Waals surface area contributed by atoms with Crippen molar-refractivity contribution in [2.75, 3.05) is 10.6 Å². The van der Waals surface area contributed by atoms with Gasteiger partial charge in [0.2, 0.25) is 0 Å². The third kappa shape index (κ3) is 3.15. The van der Waals surface area contributed by atoms with Crippen molar-refractivity contribution in [2.24, 2.45) is 0 Å². The van der Waals surface area contributed by atoms with E-state index < -0.39 is 0 Å². The molecule has 104 valence electrons. The van der Waals surface area contributed by atoms with E-state index >= 15 is 0 Å². The number of para-hydroxylation sites is 1. The SMILES string of the molecule is S=C(Nc1ccccc1Cl)Nc1cccc2ccccc12. The van der Waals surface area contributed by atoms with Gasteiger partial charge in [-0.2, -0.15) is 0 Å². The maximum Gasteiger partial charge on any atom is 0.175 e. The first-order valence-electron chi connectivity index (χ1n) is 6.54. The minimum atomic E-state index is 0.513. The molecule has 0 heterocycles. The zero-order valence-corrected chi connectivity index (χ0v) is 12.7. The quantitative estimate of drug-likeness (QED) is 0.628. The highest BCUT2D eigenvalue weighted by Gasteiger charge is 2.04. The van der Waals surface area contributed by atoms with Crippen molar-refractivity contribution in [1.29, 1.82) is 0 Å². The Morgan fingerprint density at radius 1 is 0.762 bits per heavy atom. The lowest BCUT2D eigenvalue weighted by Crippen LogP contribution is -2.19. The zero-order valence-electron chi connectivity index (χ0n) is 11.1. The van der Waals surface area contributed by atoms with Gasteiger partial charge < -0.3 is 10.6 Å². The van der Waals surface area contributed by atoms with Crippen molar-refractivity contribution in [2.45, 2.75) is 0 Å². The summed E-state index contributed by atoms with van der Waals surface area (Å²) in [6, 6.07) is 21.8. The Morgan fingerprint density at radius 3 is 2.24 bits per heavy atom. The van der Waals surface area contributed by atoms with Crippen molar-refractivity contribution >= 4 is 51.1 Å². The molecule has 0 aliphatic heterocycles. The van der Waals surface area contributed by atoms with E-state index in [0.717, 1.165) is 16.8 Å². The van der Waals surface area contributed by atoms with E-state index in [1.54, 1.807) is 0 Å². The average molecular weight is 313 g/mol. The van der Waals surface area contributed by atoms with Crippen molar-refractivity contribution in [3.63, 3.8) is 0 Å². The first kappa shape index (κ1) is 13.9. The molecule has 0 aliphatic rings. The lowest BCUT2D eigenvalue weighted by Gasteiger charge is -2.13. The summed E-state index contributed by atoms with van der Waals surface area (Å²) in [5.74, 6) is 0. The predicted octanol–water partition coefficient (Wildman–Crippen LogP) is 5.30. The fourth-order valence-corrected chi connectivity index (χ4v) is 2.58. The minimum absolute atomic E-state index is 0.513. The van der Waals surface area contributed by atoms with Gasteiger partial charge in [0.05, 0.1) is 10.7 Å². The number of hydrogen-bond acceptors (Lipinski definition) is 1. The van der Waals surface area contributed by atoms with Crippen molar-refractivity contribution < 1.29 is 0 Å². The summed E-state index contributed by atoms with van der Waals surface area (Å²) in [7, 11) is 0. The van der Waals surface area contributed by atoms with Gasteiger partial charge in [-0.05, 0) is 35.8 Å². The Bertz CT molecular complexity index is 796. The van der Waals surface area contributed by atoms with E-state index in [0.29, 0.717) is 10.1 Å². The molecular formula is C17H13ClN2S. The Labute approximate surface area is 133 Å². The summed E-state index contributed by atoms with van der Waals surface area (Å²) in [6.45, 7) is 0. The number of rotatable bonds is 2. The van der Waals surface area contributed by atoms with Gasteiger partial charge >= 0.3 is 0 Å². The van der Waals surface area contributed by atoms with Crippen LogP contribution in [0.15, 0.2) is 66.7 Å². The number of halogens is 1. The molecular weight excluding hydrogens is 300 g/mol. The molecule has 0 atom stereocenters. The highest BCUT2D eigenvalue weighted by Crippen LogP contribution is 2.24. The lowest BCUT2D eigenvalue weighted by atomic mass is 10.1. The van der Waals surface area contributed by atoms with Crippen LogP contribution in [-0.2, 0) is 0 Å². The van der Waals surface area contributed by atoms with Crippen molar-refractivity contribution in [3.05, 3.63) is 71.8 Å². The van der Waals surface area contributed by atoms with Crippen LogP contribution in [0.2, 0.25) is 5.02 Å². The van der Waals surface area contributed by atoms with E-state index in [1.165, 1.54) is 5.39 Å². The first-order chi connectivity index (χ1) is 10.2. The van der Waals surface area contributed by atoms with E-state index in [4.69, 9.17) is 23.8 Å². The highest BCUT2D eigenvalue weighted by atomic mass is 35.5. The maximum absolute atomic E-state index is 6.12. The molecule has 0 radical (unpaired) electrons. The second-order valence-corrected chi connectivity index (χ2v) is 5.40. The molecule has 0 saturated carbocycles. The third-order valence-corrected chi connectivity index (χ3v) is 3.69. The molecule has 0 unspecified atom stereocenters. The van der Waals surface area contributed by atoms with Gasteiger partial charge in [0.15, 0.2) is 5.11 Å². The van der Waals surface area contributed by atoms with Gasteiger partial charge in [-0.15, -0.1) is 0 Å². The molecule has 0 spiro atoms. The Hall–Kier alpha value is -2.10. The normalized spacial score (nSPS) is 10.3. The number of fused-ring (bicyclic) bond motifs is 1. The van der Waals surface area contributed by atoms with Gasteiger partial charge in [-0.1, -0.05) is 60.1 Å². The summed E-state index contributed by atoms with van der Waals surface area (Å²) in [4.78, 5) is 0. The predicted molar refractivity (Wildman–Crippen MR) is 95.2 cm³/mol. The molecule has 21 heavy (non-hydrogen) atoms. The van der Waals surface area contributed by atoms with Crippen LogP contribution in [0.25, 0.3) is 10.8 Å². The summed E-state index contributed by atoms with van der Waals surface area (Å²) >= 11 is 11.5.